The first kappa shape index (κ1) is 25.4. The molecule has 0 bridgehead atoms. The van der Waals surface area contributed by atoms with E-state index in [0.717, 1.165) is 28.4 Å². The van der Waals surface area contributed by atoms with Crippen LogP contribution in [0.5, 0.6) is 0 Å². The Bertz CT molecular complexity index is 2420. The number of aromatic nitrogens is 2. The van der Waals surface area contributed by atoms with Crippen molar-refractivity contribution < 1.29 is 0 Å². The molecule has 7 aromatic carbocycles. The highest BCUT2D eigenvalue weighted by molar-refractivity contribution is 6.11. The number of nitrogens with zero attached hydrogens (tertiary/aromatic N) is 3. The average Bonchev–Trinajstić information content (AvgIpc) is 3.62. The first-order valence-electron chi connectivity index (χ1n) is 15.4. The van der Waals surface area contributed by atoms with Gasteiger partial charge in [0.15, 0.2) is 0 Å². The molecular formula is C42H29N3. The highest BCUT2D eigenvalue weighted by Gasteiger charge is 2.18. The van der Waals surface area contributed by atoms with E-state index >= 15 is 0 Å². The van der Waals surface area contributed by atoms with Gasteiger partial charge < -0.3 is 14.0 Å². The summed E-state index contributed by atoms with van der Waals surface area (Å²) < 4.78 is 4.73. The summed E-state index contributed by atoms with van der Waals surface area (Å²) in [5.41, 5.74) is 10.5. The van der Waals surface area contributed by atoms with Crippen LogP contribution < -0.4 is 4.90 Å². The predicted octanol–water partition coefficient (Wildman–Crippen LogP) is 11.4. The van der Waals surface area contributed by atoms with E-state index in [1.807, 2.05) is 0 Å². The van der Waals surface area contributed by atoms with Crippen molar-refractivity contribution in [2.45, 2.75) is 0 Å². The molecule has 0 radical (unpaired) electrons. The quantitative estimate of drug-likeness (QED) is 0.199. The fourth-order valence-electron chi connectivity index (χ4n) is 6.93. The van der Waals surface area contributed by atoms with Crippen LogP contribution in [0.4, 0.5) is 17.1 Å². The van der Waals surface area contributed by atoms with Gasteiger partial charge in [0.25, 0.3) is 0 Å². The molecule has 0 spiro atoms. The summed E-state index contributed by atoms with van der Waals surface area (Å²) >= 11 is 0. The summed E-state index contributed by atoms with van der Waals surface area (Å²) in [5, 5.41) is 5.01. The topological polar surface area (TPSA) is 13.1 Å². The van der Waals surface area contributed by atoms with Gasteiger partial charge in [0.2, 0.25) is 0 Å². The van der Waals surface area contributed by atoms with Gasteiger partial charge in [-0.05, 0) is 84.9 Å². The SMILES string of the molecule is c1ccc(N(c2ccc(-n3c4ccccc4c4ccccc43)cc2)c2ccc3c(c2)c2ccccc2n3-c2ccccc2)cc1. The molecule has 0 unspecified atom stereocenters. The number of benzene rings is 7. The lowest BCUT2D eigenvalue weighted by atomic mass is 10.1. The Balaban J connectivity index is 1.21. The zero-order chi connectivity index (χ0) is 29.7. The van der Waals surface area contributed by atoms with Crippen molar-refractivity contribution in [3.63, 3.8) is 0 Å². The second-order valence-corrected chi connectivity index (χ2v) is 11.4. The molecule has 9 rings (SSSR count). The van der Waals surface area contributed by atoms with Crippen LogP contribution in [-0.4, -0.2) is 9.13 Å². The monoisotopic (exact) mass is 575 g/mol. The van der Waals surface area contributed by atoms with Gasteiger partial charge in [0.1, 0.15) is 0 Å². The van der Waals surface area contributed by atoms with Gasteiger partial charge in [-0.2, -0.15) is 0 Å². The minimum absolute atomic E-state index is 1.11. The van der Waals surface area contributed by atoms with Crippen molar-refractivity contribution in [1.82, 2.24) is 9.13 Å². The van der Waals surface area contributed by atoms with E-state index in [1.165, 1.54) is 43.6 Å². The number of anilines is 3. The highest BCUT2D eigenvalue weighted by Crippen LogP contribution is 2.40. The van der Waals surface area contributed by atoms with Crippen molar-refractivity contribution >= 4 is 60.7 Å². The normalized spacial score (nSPS) is 11.6. The van der Waals surface area contributed by atoms with E-state index in [9.17, 15) is 0 Å². The van der Waals surface area contributed by atoms with Gasteiger partial charge >= 0.3 is 0 Å². The average molecular weight is 576 g/mol. The second-order valence-electron chi connectivity index (χ2n) is 11.4. The van der Waals surface area contributed by atoms with Gasteiger partial charge in [-0.15, -0.1) is 0 Å². The summed E-state index contributed by atoms with van der Waals surface area (Å²) in [4.78, 5) is 2.35. The van der Waals surface area contributed by atoms with Crippen molar-refractivity contribution in [3.05, 3.63) is 176 Å². The molecule has 0 aliphatic carbocycles. The van der Waals surface area contributed by atoms with Gasteiger partial charge in [0.05, 0.1) is 22.1 Å². The van der Waals surface area contributed by atoms with E-state index in [-0.39, 0.29) is 0 Å². The molecule has 9 aromatic rings. The van der Waals surface area contributed by atoms with E-state index in [2.05, 4.69) is 190 Å². The van der Waals surface area contributed by atoms with Crippen LogP contribution in [-0.2, 0) is 0 Å². The maximum absolute atomic E-state index is 2.37. The molecule has 45 heavy (non-hydrogen) atoms. The molecule has 0 amide bonds. The Morgan fingerprint density at radius 1 is 0.289 bits per heavy atom. The third-order valence-electron chi connectivity index (χ3n) is 8.89. The molecule has 2 aromatic heterocycles. The maximum atomic E-state index is 2.37. The summed E-state index contributed by atoms with van der Waals surface area (Å²) in [5.74, 6) is 0. The minimum atomic E-state index is 1.11. The zero-order valence-corrected chi connectivity index (χ0v) is 24.6. The fraction of sp³-hybridized carbons (Fsp3) is 0. The molecule has 0 aliphatic rings. The standard InChI is InChI=1S/C42H29N3/c1-3-13-30(14-4-1)43(32-23-25-33(26-24-32)45-39-20-10-7-17-35(39)36-18-8-11-21-40(36)45)34-27-28-42-38(29-34)37-19-9-12-22-41(37)44(42)31-15-5-2-6-16-31/h1-29H. The number of fused-ring (bicyclic) bond motifs is 6. The number of para-hydroxylation sites is 5. The Labute approximate surface area is 261 Å². The largest absolute Gasteiger partial charge is 0.310 e. The van der Waals surface area contributed by atoms with Gasteiger partial charge in [-0.1, -0.05) is 91.0 Å². The molecule has 0 fully saturated rings. The molecule has 0 saturated carbocycles. The van der Waals surface area contributed by atoms with Gasteiger partial charge in [-0.25, -0.2) is 0 Å². The maximum Gasteiger partial charge on any atom is 0.0542 e. The zero-order valence-electron chi connectivity index (χ0n) is 24.6. The van der Waals surface area contributed by atoms with Gasteiger partial charge in [-0.3, -0.25) is 0 Å². The molecule has 0 N–H and O–H groups in total. The van der Waals surface area contributed by atoms with Crippen molar-refractivity contribution in [3.8, 4) is 11.4 Å². The lowest BCUT2D eigenvalue weighted by Crippen LogP contribution is -2.10. The predicted molar refractivity (Wildman–Crippen MR) is 190 cm³/mol. The van der Waals surface area contributed by atoms with Crippen LogP contribution in [0.1, 0.15) is 0 Å². The van der Waals surface area contributed by atoms with Crippen molar-refractivity contribution in [2.24, 2.45) is 0 Å². The Morgan fingerprint density at radius 3 is 1.27 bits per heavy atom. The van der Waals surface area contributed by atoms with Crippen molar-refractivity contribution in [2.75, 3.05) is 4.90 Å². The third kappa shape index (κ3) is 4.05. The van der Waals surface area contributed by atoms with E-state index in [4.69, 9.17) is 0 Å². The van der Waals surface area contributed by atoms with Gasteiger partial charge in [0, 0.05) is 50.0 Å². The summed E-state index contributed by atoms with van der Waals surface area (Å²) in [6.07, 6.45) is 0. The van der Waals surface area contributed by atoms with Crippen LogP contribution in [0.15, 0.2) is 176 Å². The first-order valence-corrected chi connectivity index (χ1v) is 15.4. The van der Waals surface area contributed by atoms with Crippen LogP contribution in [0.3, 0.4) is 0 Å². The lowest BCUT2D eigenvalue weighted by molar-refractivity contribution is 1.17. The fourth-order valence-corrected chi connectivity index (χ4v) is 6.93. The van der Waals surface area contributed by atoms with E-state index in [0.29, 0.717) is 0 Å². The molecule has 3 heteroatoms. The molecule has 212 valence electrons. The van der Waals surface area contributed by atoms with Crippen LogP contribution in [0, 0.1) is 0 Å². The molecule has 2 heterocycles. The lowest BCUT2D eigenvalue weighted by Gasteiger charge is -2.26. The number of rotatable bonds is 5. The van der Waals surface area contributed by atoms with Crippen LogP contribution in [0.25, 0.3) is 55.0 Å². The third-order valence-corrected chi connectivity index (χ3v) is 8.89. The van der Waals surface area contributed by atoms with Crippen molar-refractivity contribution in [1.29, 1.82) is 0 Å². The second kappa shape index (κ2) is 10.3. The van der Waals surface area contributed by atoms with E-state index in [1.54, 1.807) is 0 Å². The minimum Gasteiger partial charge on any atom is -0.310 e. The molecule has 3 nitrogen and oxygen atoms in total. The first-order chi connectivity index (χ1) is 22.3. The summed E-state index contributed by atoms with van der Waals surface area (Å²) in [6.45, 7) is 0. The Morgan fingerprint density at radius 2 is 0.689 bits per heavy atom. The molecule has 0 saturated heterocycles. The van der Waals surface area contributed by atoms with Crippen LogP contribution in [0.2, 0.25) is 0 Å². The highest BCUT2D eigenvalue weighted by atomic mass is 15.1. The smallest absolute Gasteiger partial charge is 0.0542 e. The summed E-state index contributed by atoms with van der Waals surface area (Å²) in [6, 6.07) is 63.1. The molecule has 0 atom stereocenters. The number of hydrogen-bond acceptors (Lipinski definition) is 1. The molecular weight excluding hydrogens is 546 g/mol. The summed E-state index contributed by atoms with van der Waals surface area (Å²) in [7, 11) is 0. The van der Waals surface area contributed by atoms with E-state index < -0.39 is 0 Å². The number of hydrogen-bond donors (Lipinski definition) is 0. The van der Waals surface area contributed by atoms with Crippen LogP contribution >= 0.6 is 0 Å². The molecule has 0 aliphatic heterocycles. The Hall–Kier alpha value is -6.06. The Kier molecular flexibility index (Phi) is 5.82.